The molecular formula is C12H22NO3P. The Bertz CT molecular complexity index is 328. The van der Waals surface area contributed by atoms with Crippen molar-refractivity contribution < 1.29 is 13.6 Å². The molecule has 1 aliphatic rings. The van der Waals surface area contributed by atoms with Gasteiger partial charge in [-0.05, 0) is 12.8 Å². The van der Waals surface area contributed by atoms with Crippen LogP contribution in [0, 0.1) is 5.92 Å². The van der Waals surface area contributed by atoms with Gasteiger partial charge < -0.3 is 0 Å². The van der Waals surface area contributed by atoms with Gasteiger partial charge >= 0.3 is 7.75 Å². The van der Waals surface area contributed by atoms with Crippen LogP contribution >= 0.6 is 7.75 Å². The van der Waals surface area contributed by atoms with Gasteiger partial charge in [0.05, 0.1) is 13.2 Å². The summed E-state index contributed by atoms with van der Waals surface area (Å²) in [4.78, 5) is 0. The SMILES string of the molecule is C=CCOP1(=O)OCC=CCN1C(C)C(C)C. The second-order valence-electron chi connectivity index (χ2n) is 4.43. The molecule has 0 fully saturated rings. The Balaban J connectivity index is 2.88. The van der Waals surface area contributed by atoms with Crippen molar-refractivity contribution in [2.45, 2.75) is 26.8 Å². The first-order valence-electron chi connectivity index (χ1n) is 5.93. The van der Waals surface area contributed by atoms with E-state index in [9.17, 15) is 4.57 Å². The van der Waals surface area contributed by atoms with Gasteiger partial charge in [0.2, 0.25) is 0 Å². The molecule has 98 valence electrons. The zero-order valence-corrected chi connectivity index (χ0v) is 11.7. The third kappa shape index (κ3) is 3.78. The molecule has 17 heavy (non-hydrogen) atoms. The Hall–Kier alpha value is -0.410. The van der Waals surface area contributed by atoms with Crippen LogP contribution in [0.15, 0.2) is 24.8 Å². The lowest BCUT2D eigenvalue weighted by atomic mass is 10.1. The van der Waals surface area contributed by atoms with Crippen molar-refractivity contribution in [2.24, 2.45) is 5.92 Å². The summed E-state index contributed by atoms with van der Waals surface area (Å²) < 4.78 is 25.3. The summed E-state index contributed by atoms with van der Waals surface area (Å²) in [5.41, 5.74) is 0. The van der Waals surface area contributed by atoms with Crippen molar-refractivity contribution >= 4 is 7.75 Å². The van der Waals surface area contributed by atoms with Crippen LogP contribution in [0.4, 0.5) is 0 Å². The number of nitrogens with zero attached hydrogens (tertiary/aromatic N) is 1. The van der Waals surface area contributed by atoms with E-state index in [1.807, 2.05) is 23.7 Å². The maximum absolute atomic E-state index is 12.7. The molecule has 0 amide bonds. The quantitative estimate of drug-likeness (QED) is 0.561. The van der Waals surface area contributed by atoms with Crippen LogP contribution in [0.1, 0.15) is 20.8 Å². The van der Waals surface area contributed by atoms with Gasteiger partial charge in [0.15, 0.2) is 0 Å². The highest BCUT2D eigenvalue weighted by molar-refractivity contribution is 7.51. The first-order chi connectivity index (χ1) is 8.01. The minimum Gasteiger partial charge on any atom is -0.292 e. The highest BCUT2D eigenvalue weighted by Crippen LogP contribution is 2.54. The van der Waals surface area contributed by atoms with Gasteiger partial charge in [-0.25, -0.2) is 9.24 Å². The zero-order valence-electron chi connectivity index (χ0n) is 10.8. The van der Waals surface area contributed by atoms with Crippen LogP contribution in [0.5, 0.6) is 0 Å². The minimum absolute atomic E-state index is 0.133. The molecule has 0 aromatic rings. The molecule has 1 rings (SSSR count). The van der Waals surface area contributed by atoms with E-state index < -0.39 is 7.75 Å². The average molecular weight is 259 g/mol. The van der Waals surface area contributed by atoms with Crippen molar-refractivity contribution in [3.05, 3.63) is 24.8 Å². The molecule has 4 nitrogen and oxygen atoms in total. The monoisotopic (exact) mass is 259 g/mol. The van der Waals surface area contributed by atoms with Crippen molar-refractivity contribution in [3.8, 4) is 0 Å². The summed E-state index contributed by atoms with van der Waals surface area (Å²) in [5.74, 6) is 0.380. The molecule has 1 heterocycles. The summed E-state index contributed by atoms with van der Waals surface area (Å²) in [7, 11) is -3.19. The van der Waals surface area contributed by atoms with Gasteiger partial charge in [0.25, 0.3) is 0 Å². The van der Waals surface area contributed by atoms with Gasteiger partial charge in [-0.3, -0.25) is 9.05 Å². The van der Waals surface area contributed by atoms with Crippen LogP contribution in [-0.4, -0.2) is 30.5 Å². The predicted molar refractivity (Wildman–Crippen MR) is 69.9 cm³/mol. The van der Waals surface area contributed by atoms with Gasteiger partial charge in [0, 0.05) is 12.6 Å². The molecule has 0 saturated heterocycles. The van der Waals surface area contributed by atoms with Crippen LogP contribution in [-0.2, 0) is 13.6 Å². The van der Waals surface area contributed by atoms with Crippen molar-refractivity contribution in [1.29, 1.82) is 0 Å². The molecule has 2 unspecified atom stereocenters. The number of hydrogen-bond acceptors (Lipinski definition) is 3. The smallest absolute Gasteiger partial charge is 0.292 e. The molecule has 0 bridgehead atoms. The van der Waals surface area contributed by atoms with E-state index in [1.165, 1.54) is 0 Å². The highest BCUT2D eigenvalue weighted by Gasteiger charge is 2.37. The first-order valence-corrected chi connectivity index (χ1v) is 7.43. The fraction of sp³-hybridized carbons (Fsp3) is 0.667. The third-order valence-electron chi connectivity index (χ3n) is 2.90. The van der Waals surface area contributed by atoms with Crippen molar-refractivity contribution in [1.82, 2.24) is 4.67 Å². The fourth-order valence-electron chi connectivity index (χ4n) is 1.55. The second-order valence-corrected chi connectivity index (χ2v) is 6.39. The van der Waals surface area contributed by atoms with Gasteiger partial charge in [-0.2, -0.15) is 0 Å². The maximum Gasteiger partial charge on any atom is 0.409 e. The minimum atomic E-state index is -3.19. The molecule has 1 aliphatic heterocycles. The van der Waals surface area contributed by atoms with Gasteiger partial charge in [-0.15, -0.1) is 6.58 Å². The Kier molecular flexibility index (Phi) is 5.60. The zero-order chi connectivity index (χ0) is 12.9. The molecule has 0 radical (unpaired) electrons. The van der Waals surface area contributed by atoms with Crippen LogP contribution in [0.2, 0.25) is 0 Å². The molecule has 0 N–H and O–H groups in total. The van der Waals surface area contributed by atoms with E-state index in [1.54, 1.807) is 6.08 Å². The lowest BCUT2D eigenvalue weighted by Gasteiger charge is -2.34. The summed E-state index contributed by atoms with van der Waals surface area (Å²) >= 11 is 0. The third-order valence-corrected chi connectivity index (χ3v) is 5.01. The van der Waals surface area contributed by atoms with Crippen molar-refractivity contribution in [3.63, 3.8) is 0 Å². The van der Waals surface area contributed by atoms with Gasteiger partial charge in [0.1, 0.15) is 0 Å². The molecule has 0 saturated carbocycles. The van der Waals surface area contributed by atoms with E-state index >= 15 is 0 Å². The number of hydrogen-bond donors (Lipinski definition) is 0. The number of rotatable bonds is 5. The molecule has 0 aliphatic carbocycles. The fourth-order valence-corrected chi connectivity index (χ4v) is 3.50. The summed E-state index contributed by atoms with van der Waals surface area (Å²) in [6, 6.07) is 0.133. The molecule has 2 atom stereocenters. The van der Waals surface area contributed by atoms with E-state index in [4.69, 9.17) is 9.05 Å². The largest absolute Gasteiger partial charge is 0.409 e. The molecule has 5 heteroatoms. The Labute approximate surface area is 104 Å². The average Bonchev–Trinajstić information content (AvgIpc) is 2.48. The van der Waals surface area contributed by atoms with E-state index in [0.29, 0.717) is 19.1 Å². The Morgan fingerprint density at radius 3 is 2.82 bits per heavy atom. The Morgan fingerprint density at radius 2 is 2.24 bits per heavy atom. The topological polar surface area (TPSA) is 38.8 Å². The van der Waals surface area contributed by atoms with Gasteiger partial charge in [-0.1, -0.05) is 32.1 Å². The standard InChI is InChI=1S/C12H22NO3P/c1-5-9-15-17(14)13(12(4)11(2)3)8-6-7-10-16-17/h5-7,11-12H,1,8-10H2,2-4H3. The molecule has 0 spiro atoms. The van der Waals surface area contributed by atoms with Crippen LogP contribution in [0.3, 0.4) is 0 Å². The Morgan fingerprint density at radius 1 is 1.53 bits per heavy atom. The normalized spacial score (nSPS) is 28.0. The molecule has 0 aromatic heterocycles. The van der Waals surface area contributed by atoms with E-state index in [-0.39, 0.29) is 12.6 Å². The molecule has 0 aromatic carbocycles. The molecular weight excluding hydrogens is 237 g/mol. The second kappa shape index (κ2) is 6.50. The lowest BCUT2D eigenvalue weighted by Crippen LogP contribution is -2.35. The highest BCUT2D eigenvalue weighted by atomic mass is 31.2. The predicted octanol–water partition coefficient (Wildman–Crippen LogP) is 3.23. The first kappa shape index (κ1) is 14.7. The van der Waals surface area contributed by atoms with E-state index in [0.717, 1.165) is 0 Å². The maximum atomic E-state index is 12.7. The lowest BCUT2D eigenvalue weighted by molar-refractivity contribution is 0.159. The summed E-state index contributed by atoms with van der Waals surface area (Å²) in [6.45, 7) is 11.0. The summed E-state index contributed by atoms with van der Waals surface area (Å²) in [6.07, 6.45) is 5.42. The van der Waals surface area contributed by atoms with E-state index in [2.05, 4.69) is 20.4 Å². The van der Waals surface area contributed by atoms with Crippen LogP contribution < -0.4 is 0 Å². The van der Waals surface area contributed by atoms with Crippen LogP contribution in [0.25, 0.3) is 0 Å². The van der Waals surface area contributed by atoms with Crippen molar-refractivity contribution in [2.75, 3.05) is 19.8 Å². The summed E-state index contributed by atoms with van der Waals surface area (Å²) in [5, 5.41) is 0.